The summed E-state index contributed by atoms with van der Waals surface area (Å²) < 4.78 is 2.39. The van der Waals surface area contributed by atoms with Gasteiger partial charge in [-0.3, -0.25) is 0 Å². The molecule has 0 aliphatic carbocycles. The molecular weight excluding hydrogens is 605 g/mol. The highest BCUT2D eigenvalue weighted by Gasteiger charge is 2.21. The molecule has 0 saturated heterocycles. The maximum absolute atomic E-state index is 2.47. The van der Waals surface area contributed by atoms with Gasteiger partial charge in [0.2, 0.25) is 0 Å². The Hall–Kier alpha value is -6.64. The minimum absolute atomic E-state index is 1.11. The Balaban J connectivity index is 1.26. The number of hydrogen-bond donors (Lipinski definition) is 0. The summed E-state index contributed by atoms with van der Waals surface area (Å²) >= 11 is 0. The van der Waals surface area contributed by atoms with Crippen molar-refractivity contribution in [1.29, 1.82) is 0 Å². The molecule has 0 spiro atoms. The molecule has 0 amide bonds. The molecule has 10 rings (SSSR count). The molecule has 9 aromatic carbocycles. The van der Waals surface area contributed by atoms with Crippen LogP contribution in [-0.4, -0.2) is 4.57 Å². The summed E-state index contributed by atoms with van der Waals surface area (Å²) in [4.78, 5) is 2.47. The Labute approximate surface area is 290 Å². The van der Waals surface area contributed by atoms with Gasteiger partial charge in [-0.15, -0.1) is 0 Å². The van der Waals surface area contributed by atoms with Crippen LogP contribution in [-0.2, 0) is 0 Å². The lowest BCUT2D eigenvalue weighted by Crippen LogP contribution is -2.11. The van der Waals surface area contributed by atoms with Crippen LogP contribution in [0.15, 0.2) is 194 Å². The quantitative estimate of drug-likeness (QED) is 0.171. The van der Waals surface area contributed by atoms with Gasteiger partial charge in [-0.05, 0) is 81.2 Å². The van der Waals surface area contributed by atoms with E-state index in [2.05, 4.69) is 204 Å². The molecule has 0 fully saturated rings. The third-order valence-corrected chi connectivity index (χ3v) is 10.1. The number of nitrogens with zero attached hydrogens (tertiary/aromatic N) is 2. The summed E-state index contributed by atoms with van der Waals surface area (Å²) in [6.45, 7) is 0. The summed E-state index contributed by atoms with van der Waals surface area (Å²) in [7, 11) is 0. The first-order valence-electron chi connectivity index (χ1n) is 17.2. The smallest absolute Gasteiger partial charge is 0.0547 e. The molecule has 234 valence electrons. The molecule has 1 aromatic heterocycles. The second-order valence-electron chi connectivity index (χ2n) is 12.9. The number of hydrogen-bond acceptors (Lipinski definition) is 1. The fourth-order valence-corrected chi connectivity index (χ4v) is 7.96. The number of aromatic nitrogens is 1. The van der Waals surface area contributed by atoms with Gasteiger partial charge in [0.1, 0.15) is 0 Å². The second-order valence-corrected chi connectivity index (χ2v) is 12.9. The average molecular weight is 637 g/mol. The van der Waals surface area contributed by atoms with Crippen LogP contribution in [0, 0.1) is 0 Å². The number of anilines is 3. The minimum atomic E-state index is 1.11. The molecule has 0 aliphatic heterocycles. The molecule has 50 heavy (non-hydrogen) atoms. The van der Waals surface area contributed by atoms with Crippen LogP contribution in [0.1, 0.15) is 0 Å². The number of benzene rings is 9. The van der Waals surface area contributed by atoms with Crippen molar-refractivity contribution < 1.29 is 0 Å². The van der Waals surface area contributed by atoms with E-state index in [1.165, 1.54) is 65.3 Å². The third-order valence-electron chi connectivity index (χ3n) is 10.1. The first kappa shape index (κ1) is 28.4. The highest BCUT2D eigenvalue weighted by molar-refractivity contribution is 6.17. The monoisotopic (exact) mass is 636 g/mol. The molecule has 2 heteroatoms. The third kappa shape index (κ3) is 4.43. The van der Waals surface area contributed by atoms with E-state index in [-0.39, 0.29) is 0 Å². The van der Waals surface area contributed by atoms with Crippen LogP contribution in [0.25, 0.3) is 70.9 Å². The van der Waals surface area contributed by atoms with Crippen LogP contribution in [0.3, 0.4) is 0 Å². The standard InChI is InChI=1S/C48H32N2/c1-2-19-36(20-3-1)49-45-28-11-10-26-43(45)48-40(27-14-30-46(48)49)34-18-12-21-37(31-34)50(44-29-13-17-33-15-4-7-23-39(33)44)47-32-35-16-5-6-22-38(35)41-24-8-9-25-42(41)47/h1-32H. The van der Waals surface area contributed by atoms with Gasteiger partial charge in [-0.2, -0.15) is 0 Å². The SMILES string of the molecule is c1ccc(-n2c3ccccc3c3c(-c4cccc(N(c5cccc6ccccc56)c5cc6ccccc6c6ccccc56)c4)cccc32)cc1. The number of para-hydroxylation sites is 2. The van der Waals surface area contributed by atoms with E-state index in [1.54, 1.807) is 0 Å². The zero-order valence-electron chi connectivity index (χ0n) is 27.4. The lowest BCUT2D eigenvalue weighted by molar-refractivity contribution is 1.18. The number of fused-ring (bicyclic) bond motifs is 7. The van der Waals surface area contributed by atoms with Crippen LogP contribution in [0.4, 0.5) is 17.1 Å². The topological polar surface area (TPSA) is 8.17 Å². The summed E-state index contributed by atoms with van der Waals surface area (Å²) in [5, 5.41) is 9.90. The first-order valence-corrected chi connectivity index (χ1v) is 17.2. The van der Waals surface area contributed by atoms with Gasteiger partial charge in [-0.1, -0.05) is 146 Å². The van der Waals surface area contributed by atoms with Crippen molar-refractivity contribution in [2.45, 2.75) is 0 Å². The van der Waals surface area contributed by atoms with Crippen molar-refractivity contribution in [2.24, 2.45) is 0 Å². The van der Waals surface area contributed by atoms with Gasteiger partial charge in [0.05, 0.1) is 22.4 Å². The highest BCUT2D eigenvalue weighted by atomic mass is 15.1. The summed E-state index contributed by atoms with van der Waals surface area (Å²) in [6.07, 6.45) is 0. The fourth-order valence-electron chi connectivity index (χ4n) is 7.96. The minimum Gasteiger partial charge on any atom is -0.309 e. The normalized spacial score (nSPS) is 11.6. The van der Waals surface area contributed by atoms with Gasteiger partial charge in [0.15, 0.2) is 0 Å². The summed E-state index contributed by atoms with van der Waals surface area (Å²) in [5.74, 6) is 0. The van der Waals surface area contributed by atoms with Crippen LogP contribution >= 0.6 is 0 Å². The highest BCUT2D eigenvalue weighted by Crippen LogP contribution is 2.46. The summed E-state index contributed by atoms with van der Waals surface area (Å²) in [6, 6.07) is 70.5. The zero-order chi connectivity index (χ0) is 33.0. The van der Waals surface area contributed by atoms with Gasteiger partial charge in [0, 0.05) is 32.9 Å². The fraction of sp³-hybridized carbons (Fsp3) is 0. The molecule has 2 nitrogen and oxygen atoms in total. The maximum Gasteiger partial charge on any atom is 0.0547 e. The molecular formula is C48H32N2. The Morgan fingerprint density at radius 2 is 0.980 bits per heavy atom. The molecule has 0 unspecified atom stereocenters. The average Bonchev–Trinajstić information content (AvgIpc) is 3.53. The molecule has 0 aliphatic rings. The van der Waals surface area contributed by atoms with E-state index in [1.807, 2.05) is 0 Å². The molecule has 10 aromatic rings. The Bertz CT molecular complexity index is 2880. The molecule has 0 bridgehead atoms. The van der Waals surface area contributed by atoms with Gasteiger partial charge < -0.3 is 9.47 Å². The first-order chi connectivity index (χ1) is 24.8. The van der Waals surface area contributed by atoms with Gasteiger partial charge >= 0.3 is 0 Å². The maximum atomic E-state index is 2.47. The Morgan fingerprint density at radius 1 is 0.360 bits per heavy atom. The summed E-state index contributed by atoms with van der Waals surface area (Å²) in [5.41, 5.74) is 9.39. The Morgan fingerprint density at radius 3 is 1.84 bits per heavy atom. The van der Waals surface area contributed by atoms with Crippen molar-refractivity contribution >= 4 is 71.2 Å². The van der Waals surface area contributed by atoms with Crippen molar-refractivity contribution in [1.82, 2.24) is 4.57 Å². The number of rotatable bonds is 5. The largest absolute Gasteiger partial charge is 0.309 e. The van der Waals surface area contributed by atoms with Gasteiger partial charge in [-0.25, -0.2) is 0 Å². The van der Waals surface area contributed by atoms with E-state index in [4.69, 9.17) is 0 Å². The van der Waals surface area contributed by atoms with E-state index in [9.17, 15) is 0 Å². The van der Waals surface area contributed by atoms with Crippen molar-refractivity contribution in [2.75, 3.05) is 4.90 Å². The predicted octanol–water partition coefficient (Wildman–Crippen LogP) is 13.4. The van der Waals surface area contributed by atoms with Crippen LogP contribution in [0.2, 0.25) is 0 Å². The molecule has 0 radical (unpaired) electrons. The lowest BCUT2D eigenvalue weighted by atomic mass is 9.96. The van der Waals surface area contributed by atoms with E-state index < -0.39 is 0 Å². The van der Waals surface area contributed by atoms with Gasteiger partial charge in [0.25, 0.3) is 0 Å². The lowest BCUT2D eigenvalue weighted by Gasteiger charge is -2.29. The second kappa shape index (κ2) is 11.5. The van der Waals surface area contributed by atoms with E-state index in [0.717, 1.165) is 22.7 Å². The van der Waals surface area contributed by atoms with Crippen molar-refractivity contribution in [3.63, 3.8) is 0 Å². The molecule has 0 N–H and O–H groups in total. The Kier molecular flexibility index (Phi) is 6.53. The van der Waals surface area contributed by atoms with Crippen molar-refractivity contribution in [3.8, 4) is 16.8 Å². The van der Waals surface area contributed by atoms with Crippen molar-refractivity contribution in [3.05, 3.63) is 194 Å². The van der Waals surface area contributed by atoms with Crippen LogP contribution in [0.5, 0.6) is 0 Å². The van der Waals surface area contributed by atoms with Crippen LogP contribution < -0.4 is 4.90 Å². The van der Waals surface area contributed by atoms with E-state index >= 15 is 0 Å². The molecule has 0 atom stereocenters. The van der Waals surface area contributed by atoms with E-state index in [0.29, 0.717) is 0 Å². The molecule has 0 saturated carbocycles. The zero-order valence-corrected chi connectivity index (χ0v) is 27.4. The molecule has 1 heterocycles. The predicted molar refractivity (Wildman–Crippen MR) is 213 cm³/mol.